The Morgan fingerprint density at radius 3 is 2.41 bits per heavy atom. The smallest absolute Gasteiger partial charge is 0.329 e. The summed E-state index contributed by atoms with van der Waals surface area (Å²) < 4.78 is 0.940. The normalized spacial score (nSPS) is 11.1. The number of amides is 1. The Kier molecular flexibility index (Phi) is 4.13. The SMILES string of the molecule is CN(C(=O)c1cccc(I)c1)C(C)(C)C(=O)O. The summed E-state index contributed by atoms with van der Waals surface area (Å²) in [6.07, 6.45) is 0. The highest BCUT2D eigenvalue weighted by atomic mass is 127. The summed E-state index contributed by atoms with van der Waals surface area (Å²) in [7, 11) is 1.50. The predicted octanol–water partition coefficient (Wildman–Crippen LogP) is 2.23. The standard InChI is InChI=1S/C12H14INO3/c1-12(2,11(16)17)14(3)10(15)8-5-4-6-9(13)7-8/h4-7H,1-3H3,(H,16,17). The van der Waals surface area contributed by atoms with Gasteiger partial charge < -0.3 is 10.0 Å². The molecule has 1 N–H and O–H groups in total. The Balaban J connectivity index is 3.02. The Morgan fingerprint density at radius 2 is 1.94 bits per heavy atom. The third-order valence-corrected chi connectivity index (χ3v) is 3.41. The van der Waals surface area contributed by atoms with Crippen molar-refractivity contribution < 1.29 is 14.7 Å². The van der Waals surface area contributed by atoms with E-state index in [1.165, 1.54) is 25.8 Å². The quantitative estimate of drug-likeness (QED) is 0.854. The van der Waals surface area contributed by atoms with E-state index >= 15 is 0 Å². The highest BCUT2D eigenvalue weighted by Gasteiger charge is 2.35. The average Bonchev–Trinajstić information content (AvgIpc) is 2.26. The fourth-order valence-electron chi connectivity index (χ4n) is 1.21. The average molecular weight is 347 g/mol. The molecule has 0 spiro atoms. The monoisotopic (exact) mass is 347 g/mol. The van der Waals surface area contributed by atoms with Gasteiger partial charge >= 0.3 is 5.97 Å². The Bertz CT molecular complexity index is 457. The van der Waals surface area contributed by atoms with Gasteiger partial charge in [-0.1, -0.05) is 6.07 Å². The largest absolute Gasteiger partial charge is 0.480 e. The number of carboxylic acids is 1. The molecule has 1 rings (SSSR count). The van der Waals surface area contributed by atoms with Crippen LogP contribution >= 0.6 is 22.6 Å². The van der Waals surface area contributed by atoms with Gasteiger partial charge in [0, 0.05) is 16.2 Å². The van der Waals surface area contributed by atoms with Crippen molar-refractivity contribution in [2.75, 3.05) is 7.05 Å². The maximum Gasteiger partial charge on any atom is 0.329 e. The molecule has 1 aromatic carbocycles. The van der Waals surface area contributed by atoms with E-state index in [1.807, 2.05) is 6.07 Å². The number of benzene rings is 1. The highest BCUT2D eigenvalue weighted by molar-refractivity contribution is 14.1. The van der Waals surface area contributed by atoms with Gasteiger partial charge in [0.2, 0.25) is 0 Å². The van der Waals surface area contributed by atoms with Gasteiger partial charge in [-0.05, 0) is 54.6 Å². The lowest BCUT2D eigenvalue weighted by Gasteiger charge is -2.31. The summed E-state index contributed by atoms with van der Waals surface area (Å²) in [5, 5.41) is 9.07. The van der Waals surface area contributed by atoms with Crippen molar-refractivity contribution in [3.8, 4) is 0 Å². The first-order valence-electron chi connectivity index (χ1n) is 5.04. The summed E-state index contributed by atoms with van der Waals surface area (Å²) in [6, 6.07) is 7.06. The van der Waals surface area contributed by atoms with Crippen LogP contribution in [-0.2, 0) is 4.79 Å². The molecule has 0 radical (unpaired) electrons. The van der Waals surface area contributed by atoms with Crippen LogP contribution in [-0.4, -0.2) is 34.5 Å². The summed E-state index contributed by atoms with van der Waals surface area (Å²) >= 11 is 2.11. The number of hydrogen-bond donors (Lipinski definition) is 1. The maximum atomic E-state index is 12.1. The summed E-state index contributed by atoms with van der Waals surface area (Å²) in [4.78, 5) is 24.4. The van der Waals surface area contributed by atoms with Crippen LogP contribution in [0.5, 0.6) is 0 Å². The zero-order chi connectivity index (χ0) is 13.2. The molecule has 0 saturated carbocycles. The van der Waals surface area contributed by atoms with Crippen LogP contribution in [0.2, 0.25) is 0 Å². The molecule has 0 aliphatic heterocycles. The molecule has 1 aromatic rings. The molecule has 0 aliphatic rings. The van der Waals surface area contributed by atoms with Crippen LogP contribution < -0.4 is 0 Å². The van der Waals surface area contributed by atoms with Gasteiger partial charge in [-0.15, -0.1) is 0 Å². The van der Waals surface area contributed by atoms with Crippen LogP contribution in [0, 0.1) is 3.57 Å². The van der Waals surface area contributed by atoms with Crippen LogP contribution in [0.4, 0.5) is 0 Å². The molecule has 0 unspecified atom stereocenters. The van der Waals surface area contributed by atoms with E-state index in [4.69, 9.17) is 5.11 Å². The van der Waals surface area contributed by atoms with Crippen LogP contribution in [0.3, 0.4) is 0 Å². The molecule has 0 aromatic heterocycles. The molecule has 92 valence electrons. The molecule has 0 saturated heterocycles. The van der Waals surface area contributed by atoms with Gasteiger partial charge in [0.1, 0.15) is 5.54 Å². The Hall–Kier alpha value is -1.11. The zero-order valence-electron chi connectivity index (χ0n) is 9.90. The molecule has 0 aliphatic carbocycles. The maximum absolute atomic E-state index is 12.1. The Morgan fingerprint density at radius 1 is 1.35 bits per heavy atom. The molecular weight excluding hydrogens is 333 g/mol. The number of likely N-dealkylation sites (N-methyl/N-ethyl adjacent to an activating group) is 1. The molecule has 17 heavy (non-hydrogen) atoms. The summed E-state index contributed by atoms with van der Waals surface area (Å²) in [6.45, 7) is 3.00. The van der Waals surface area contributed by atoms with Crippen molar-refractivity contribution in [1.29, 1.82) is 0 Å². The van der Waals surface area contributed by atoms with E-state index in [9.17, 15) is 9.59 Å². The van der Waals surface area contributed by atoms with Crippen LogP contribution in [0.1, 0.15) is 24.2 Å². The topological polar surface area (TPSA) is 57.6 Å². The second-order valence-corrected chi connectivity index (χ2v) is 5.48. The van der Waals surface area contributed by atoms with E-state index in [0.29, 0.717) is 5.56 Å². The van der Waals surface area contributed by atoms with Crippen molar-refractivity contribution in [2.24, 2.45) is 0 Å². The molecule has 0 fully saturated rings. The van der Waals surface area contributed by atoms with Crippen LogP contribution in [0.25, 0.3) is 0 Å². The van der Waals surface area contributed by atoms with Crippen molar-refractivity contribution in [2.45, 2.75) is 19.4 Å². The van der Waals surface area contributed by atoms with E-state index < -0.39 is 11.5 Å². The first-order valence-corrected chi connectivity index (χ1v) is 6.12. The number of hydrogen-bond acceptors (Lipinski definition) is 2. The van der Waals surface area contributed by atoms with Crippen LogP contribution in [0.15, 0.2) is 24.3 Å². The number of nitrogens with zero attached hydrogens (tertiary/aromatic N) is 1. The number of halogens is 1. The molecule has 5 heteroatoms. The minimum absolute atomic E-state index is 0.295. The number of carbonyl (C=O) groups is 2. The van der Waals surface area contributed by atoms with Gasteiger partial charge in [-0.3, -0.25) is 4.79 Å². The molecule has 1 amide bonds. The van der Waals surface area contributed by atoms with Crippen molar-refractivity contribution >= 4 is 34.5 Å². The molecule has 0 heterocycles. The molecule has 0 bridgehead atoms. The van der Waals surface area contributed by atoms with E-state index in [2.05, 4.69) is 22.6 Å². The van der Waals surface area contributed by atoms with Gasteiger partial charge in [0.05, 0.1) is 0 Å². The van der Waals surface area contributed by atoms with Gasteiger partial charge in [-0.25, -0.2) is 4.79 Å². The predicted molar refractivity (Wildman–Crippen MR) is 73.0 cm³/mol. The van der Waals surface area contributed by atoms with E-state index in [0.717, 1.165) is 3.57 Å². The first-order chi connectivity index (χ1) is 7.76. The fourth-order valence-corrected chi connectivity index (χ4v) is 1.76. The zero-order valence-corrected chi connectivity index (χ0v) is 12.1. The second-order valence-electron chi connectivity index (χ2n) is 4.24. The second kappa shape index (κ2) is 5.03. The third kappa shape index (κ3) is 2.96. The number of carboxylic acid groups (broad SMARTS) is 1. The molecular formula is C12H14INO3. The minimum atomic E-state index is -1.22. The first kappa shape index (κ1) is 14.0. The number of aliphatic carboxylic acids is 1. The fraction of sp³-hybridized carbons (Fsp3) is 0.333. The lowest BCUT2D eigenvalue weighted by molar-refractivity contribution is -0.147. The summed E-state index contributed by atoms with van der Waals surface area (Å²) in [5.74, 6) is -1.32. The lowest BCUT2D eigenvalue weighted by atomic mass is 10.0. The molecule has 0 atom stereocenters. The summed E-state index contributed by atoms with van der Waals surface area (Å²) in [5.41, 5.74) is -0.730. The number of carbonyl (C=O) groups excluding carboxylic acids is 1. The van der Waals surface area contributed by atoms with Crippen molar-refractivity contribution in [3.05, 3.63) is 33.4 Å². The van der Waals surface area contributed by atoms with E-state index in [1.54, 1.807) is 18.2 Å². The van der Waals surface area contributed by atoms with Crippen molar-refractivity contribution in [3.63, 3.8) is 0 Å². The number of rotatable bonds is 3. The lowest BCUT2D eigenvalue weighted by Crippen LogP contribution is -2.50. The third-order valence-electron chi connectivity index (χ3n) is 2.74. The van der Waals surface area contributed by atoms with Crippen molar-refractivity contribution in [1.82, 2.24) is 4.90 Å². The van der Waals surface area contributed by atoms with Gasteiger partial charge in [-0.2, -0.15) is 0 Å². The van der Waals surface area contributed by atoms with Gasteiger partial charge in [0.15, 0.2) is 0 Å². The minimum Gasteiger partial charge on any atom is -0.480 e. The molecule has 4 nitrogen and oxygen atoms in total. The Labute approximate surface area is 114 Å². The highest BCUT2D eigenvalue weighted by Crippen LogP contribution is 2.17. The van der Waals surface area contributed by atoms with E-state index in [-0.39, 0.29) is 5.91 Å². The van der Waals surface area contributed by atoms with Gasteiger partial charge in [0.25, 0.3) is 5.91 Å².